The van der Waals surface area contributed by atoms with Crippen LogP contribution >= 0.6 is 0 Å². The van der Waals surface area contributed by atoms with E-state index in [9.17, 15) is 9.18 Å². The highest BCUT2D eigenvalue weighted by molar-refractivity contribution is 6.01. The van der Waals surface area contributed by atoms with Crippen molar-refractivity contribution in [1.82, 2.24) is 14.5 Å². The summed E-state index contributed by atoms with van der Waals surface area (Å²) in [7, 11) is 0. The maximum atomic E-state index is 14.0. The number of nitrogens with zero attached hydrogens (tertiary/aromatic N) is 4. The third-order valence-electron chi connectivity index (χ3n) is 7.47. The number of imidazole rings is 1. The second-order valence-electron chi connectivity index (χ2n) is 10.4. The van der Waals surface area contributed by atoms with Crippen LogP contribution in [-0.4, -0.2) is 45.7 Å². The Labute approximate surface area is 226 Å². The van der Waals surface area contributed by atoms with Crippen LogP contribution in [0.25, 0.3) is 0 Å². The number of anilines is 2. The van der Waals surface area contributed by atoms with Gasteiger partial charge in [-0.2, -0.15) is 0 Å². The van der Waals surface area contributed by atoms with Crippen LogP contribution in [0.1, 0.15) is 55.7 Å². The maximum Gasteiger partial charge on any atom is 0.326 e. The Morgan fingerprint density at radius 1 is 1.11 bits per heavy atom. The fraction of sp³-hybridized carbons (Fsp3) is 0.419. The van der Waals surface area contributed by atoms with E-state index in [1.807, 2.05) is 38.1 Å². The molecule has 2 unspecified atom stereocenters. The van der Waals surface area contributed by atoms with Crippen molar-refractivity contribution in [2.75, 3.05) is 23.3 Å². The number of carbonyl (C=O) groups excluding carboxylic acids is 1. The number of fused-ring (bicyclic) bond motifs is 2. The lowest BCUT2D eigenvalue weighted by atomic mass is 9.76. The van der Waals surface area contributed by atoms with Crippen molar-refractivity contribution in [3.63, 3.8) is 0 Å². The SMILES string of the molecule is C=CC.Cc1ccc(NC(=O)N(CCCN2C3CC(n4cc(C)nc4C)C[C@H]2C3)c2cccc(F)c2)cc1. The van der Waals surface area contributed by atoms with Crippen LogP contribution in [0.3, 0.4) is 0 Å². The molecule has 0 radical (unpaired) electrons. The summed E-state index contributed by atoms with van der Waals surface area (Å²) in [5.74, 6) is 0.759. The van der Waals surface area contributed by atoms with Crippen LogP contribution < -0.4 is 10.2 Å². The van der Waals surface area contributed by atoms with E-state index >= 15 is 0 Å². The zero-order valence-electron chi connectivity index (χ0n) is 23.0. The Morgan fingerprint density at radius 2 is 1.76 bits per heavy atom. The molecule has 0 spiro atoms. The molecule has 2 saturated heterocycles. The molecule has 3 atom stereocenters. The number of aryl methyl sites for hydroxylation is 3. The van der Waals surface area contributed by atoms with E-state index in [1.165, 1.54) is 18.6 Å². The predicted molar refractivity (Wildman–Crippen MR) is 153 cm³/mol. The van der Waals surface area contributed by atoms with E-state index in [0.717, 1.165) is 48.6 Å². The molecule has 1 aliphatic carbocycles. The first-order chi connectivity index (χ1) is 18.3. The summed E-state index contributed by atoms with van der Waals surface area (Å²) in [5, 5.41) is 2.97. The van der Waals surface area contributed by atoms with Crippen LogP contribution in [0.15, 0.2) is 67.4 Å². The molecule has 3 heterocycles. The van der Waals surface area contributed by atoms with Crippen LogP contribution in [0.5, 0.6) is 0 Å². The Morgan fingerprint density at radius 3 is 2.37 bits per heavy atom. The Hall–Kier alpha value is -3.45. The number of aromatic nitrogens is 2. The largest absolute Gasteiger partial charge is 0.332 e. The third-order valence-corrected chi connectivity index (χ3v) is 7.47. The van der Waals surface area contributed by atoms with E-state index in [-0.39, 0.29) is 11.8 Å². The summed E-state index contributed by atoms with van der Waals surface area (Å²) in [5.41, 5.74) is 3.52. The maximum absolute atomic E-state index is 14.0. The topological polar surface area (TPSA) is 53.4 Å². The second kappa shape index (κ2) is 12.4. The van der Waals surface area contributed by atoms with Gasteiger partial charge >= 0.3 is 6.03 Å². The Balaban J connectivity index is 0.00000107. The van der Waals surface area contributed by atoms with Crippen molar-refractivity contribution in [2.45, 2.75) is 71.5 Å². The molecular weight excluding hydrogens is 477 g/mol. The van der Waals surface area contributed by atoms with Gasteiger partial charge in [-0.15, -0.1) is 6.58 Å². The molecule has 1 saturated carbocycles. The number of amides is 2. The molecule has 3 aliphatic rings. The highest BCUT2D eigenvalue weighted by Gasteiger charge is 2.45. The fourth-order valence-electron chi connectivity index (χ4n) is 5.76. The molecule has 7 heteroatoms. The number of allylic oxidation sites excluding steroid dienone is 1. The number of benzene rings is 2. The molecule has 2 bridgehead atoms. The smallest absolute Gasteiger partial charge is 0.326 e. The van der Waals surface area contributed by atoms with Gasteiger partial charge in [0.15, 0.2) is 0 Å². The molecule has 6 nitrogen and oxygen atoms in total. The molecule has 38 heavy (non-hydrogen) atoms. The Bertz CT molecular complexity index is 1230. The van der Waals surface area contributed by atoms with Crippen LogP contribution in [0, 0.1) is 26.6 Å². The van der Waals surface area contributed by atoms with Gasteiger partial charge in [0.2, 0.25) is 0 Å². The van der Waals surface area contributed by atoms with E-state index in [2.05, 4.69) is 46.4 Å². The number of nitrogens with one attached hydrogen (secondary N) is 1. The minimum atomic E-state index is -0.344. The first-order valence-electron chi connectivity index (χ1n) is 13.5. The normalized spacial score (nSPS) is 20.1. The van der Waals surface area contributed by atoms with Crippen LogP contribution in [0.2, 0.25) is 0 Å². The standard InChI is InChI=1S/C28H34FN5O.C3H6/c1-19-8-10-23(11-9-19)31-28(35)33(24-7-4-6-22(29)14-24)13-5-12-32-25-15-26(32)17-27(16-25)34-18-20(2)30-21(34)3;1-3-2/h4,6-11,14,18,25-27H,5,12-13,15-17H2,1-3H3,(H,31,35);3H,1H2,2H3/t25-,26?,27?;/m1./s1. The molecule has 2 amide bonds. The minimum Gasteiger partial charge on any atom is -0.332 e. The second-order valence-corrected chi connectivity index (χ2v) is 10.4. The van der Waals surface area contributed by atoms with Crippen molar-refractivity contribution in [3.05, 3.63) is 90.3 Å². The minimum absolute atomic E-state index is 0.241. The van der Waals surface area contributed by atoms with Crippen molar-refractivity contribution < 1.29 is 9.18 Å². The molecule has 2 aliphatic heterocycles. The van der Waals surface area contributed by atoms with Gasteiger partial charge in [0, 0.05) is 48.8 Å². The average Bonchev–Trinajstić information content (AvgIpc) is 3.23. The first-order valence-corrected chi connectivity index (χ1v) is 13.5. The first kappa shape index (κ1) is 27.6. The summed E-state index contributed by atoms with van der Waals surface area (Å²) < 4.78 is 16.3. The fourth-order valence-corrected chi connectivity index (χ4v) is 5.76. The average molecular weight is 518 g/mol. The van der Waals surface area contributed by atoms with E-state index in [1.54, 1.807) is 23.1 Å². The number of carbonyl (C=O) groups is 1. The van der Waals surface area contributed by atoms with Gasteiger partial charge in [0.1, 0.15) is 11.6 Å². The monoisotopic (exact) mass is 517 g/mol. The lowest BCUT2D eigenvalue weighted by Crippen LogP contribution is -2.61. The zero-order chi connectivity index (χ0) is 27.2. The van der Waals surface area contributed by atoms with Crippen molar-refractivity contribution in [2.24, 2.45) is 0 Å². The zero-order valence-corrected chi connectivity index (χ0v) is 23.0. The van der Waals surface area contributed by atoms with E-state index in [4.69, 9.17) is 0 Å². The van der Waals surface area contributed by atoms with Crippen LogP contribution in [0.4, 0.5) is 20.6 Å². The number of piperidine rings is 1. The molecule has 3 fully saturated rings. The predicted octanol–water partition coefficient (Wildman–Crippen LogP) is 7.05. The molecule has 1 aromatic heterocycles. The van der Waals surface area contributed by atoms with Gasteiger partial charge in [-0.1, -0.05) is 29.8 Å². The van der Waals surface area contributed by atoms with E-state index < -0.39 is 0 Å². The van der Waals surface area contributed by atoms with Gasteiger partial charge in [-0.3, -0.25) is 9.80 Å². The molecule has 6 rings (SSSR count). The van der Waals surface area contributed by atoms with Crippen LogP contribution in [-0.2, 0) is 0 Å². The number of halogens is 1. The van der Waals surface area contributed by atoms with E-state index in [0.29, 0.717) is 30.4 Å². The molecule has 1 N–H and O–H groups in total. The summed E-state index contributed by atoms with van der Waals surface area (Å²) in [6.45, 7) is 12.9. The summed E-state index contributed by atoms with van der Waals surface area (Å²) in [4.78, 5) is 22.0. The quantitative estimate of drug-likeness (QED) is 0.342. The molecular formula is C31H40FN5O. The lowest BCUT2D eigenvalue weighted by molar-refractivity contribution is -0.0484. The number of urea groups is 1. The van der Waals surface area contributed by atoms with Gasteiger partial charge in [-0.05, 0) is 83.7 Å². The summed E-state index contributed by atoms with van der Waals surface area (Å²) in [6, 6.07) is 15.4. The van der Waals surface area contributed by atoms with Gasteiger partial charge in [0.05, 0.1) is 5.69 Å². The summed E-state index contributed by atoms with van der Waals surface area (Å²) >= 11 is 0. The van der Waals surface area contributed by atoms with Crippen molar-refractivity contribution >= 4 is 17.4 Å². The Kier molecular flexibility index (Phi) is 9.00. The molecule has 202 valence electrons. The highest BCUT2D eigenvalue weighted by atomic mass is 19.1. The summed E-state index contributed by atoms with van der Waals surface area (Å²) in [6.07, 6.45) is 8.31. The number of hydrogen-bond donors (Lipinski definition) is 1. The van der Waals surface area contributed by atoms with Crippen molar-refractivity contribution in [1.29, 1.82) is 0 Å². The van der Waals surface area contributed by atoms with Gasteiger partial charge < -0.3 is 9.88 Å². The number of hydrogen-bond acceptors (Lipinski definition) is 3. The van der Waals surface area contributed by atoms with Crippen molar-refractivity contribution in [3.8, 4) is 0 Å². The lowest BCUT2D eigenvalue weighted by Gasteiger charge is -2.56. The highest BCUT2D eigenvalue weighted by Crippen LogP contribution is 2.43. The van der Waals surface area contributed by atoms with Gasteiger partial charge in [-0.25, -0.2) is 14.2 Å². The molecule has 2 aromatic carbocycles. The molecule has 3 aromatic rings. The number of rotatable bonds is 7. The van der Waals surface area contributed by atoms with Gasteiger partial charge in [0.25, 0.3) is 0 Å². The third kappa shape index (κ3) is 6.51.